The molecule has 238 valence electrons. The lowest BCUT2D eigenvalue weighted by Crippen LogP contribution is -2.61. The molecule has 9 aromatic rings. The van der Waals surface area contributed by atoms with Crippen molar-refractivity contribution in [2.45, 2.75) is 13.8 Å². The summed E-state index contributed by atoms with van der Waals surface area (Å²) in [5.41, 5.74) is 16.3. The lowest BCUT2D eigenvalue weighted by molar-refractivity contribution is 1.24. The molecule has 3 heteroatoms. The lowest BCUT2D eigenvalue weighted by Gasteiger charge is -2.44. The zero-order chi connectivity index (χ0) is 33.8. The molecular weight excluding hydrogens is 615 g/mol. The van der Waals surface area contributed by atoms with Crippen molar-refractivity contribution in [2.75, 3.05) is 9.80 Å². The predicted octanol–water partition coefficient (Wildman–Crippen LogP) is 11.0. The van der Waals surface area contributed by atoms with Crippen LogP contribution >= 0.6 is 0 Å². The van der Waals surface area contributed by atoms with Crippen LogP contribution in [0.2, 0.25) is 0 Å². The monoisotopic (exact) mass is 648 g/mol. The van der Waals surface area contributed by atoms with Gasteiger partial charge in [0.05, 0.1) is 0 Å². The van der Waals surface area contributed by atoms with Crippen molar-refractivity contribution in [1.82, 2.24) is 0 Å². The third-order valence-corrected chi connectivity index (χ3v) is 11.3. The van der Waals surface area contributed by atoms with Gasteiger partial charge in [-0.1, -0.05) is 121 Å². The number of hydrogen-bond donors (Lipinski definition) is 0. The van der Waals surface area contributed by atoms with Gasteiger partial charge in [-0.3, -0.25) is 0 Å². The highest BCUT2D eigenvalue weighted by Crippen LogP contribution is 2.46. The van der Waals surface area contributed by atoms with Crippen molar-refractivity contribution >= 4 is 89.5 Å². The number of nitrogens with zero attached hydrogens (tertiary/aromatic N) is 2. The van der Waals surface area contributed by atoms with E-state index in [2.05, 4.69) is 187 Å². The first kappa shape index (κ1) is 28.5. The summed E-state index contributed by atoms with van der Waals surface area (Å²) in [5, 5.41) is 7.89. The first-order valence-electron chi connectivity index (χ1n) is 17.9. The fourth-order valence-corrected chi connectivity index (χ4v) is 9.07. The number of fused-ring (bicyclic) bond motifs is 4. The van der Waals surface area contributed by atoms with Gasteiger partial charge < -0.3 is 9.80 Å². The maximum atomic E-state index is 2.49. The number of para-hydroxylation sites is 2. The van der Waals surface area contributed by atoms with Gasteiger partial charge in [-0.15, -0.1) is 0 Å². The summed E-state index contributed by atoms with van der Waals surface area (Å²) in [6.45, 7) is 4.46. The minimum absolute atomic E-state index is 0.0724. The van der Waals surface area contributed by atoms with E-state index >= 15 is 0 Å². The molecule has 2 nitrogen and oxygen atoms in total. The van der Waals surface area contributed by atoms with E-state index < -0.39 is 0 Å². The Balaban J connectivity index is 1.21. The molecule has 9 aromatic carbocycles. The standard InChI is InChI=1S/C48H33BN2/c1-30-15-22-37(23-16-30)51-42-14-7-6-13-40(42)49-41-29-35(38-24-19-34-18-17-32-9-8-10-33-20-25-39(38)47(34)46(32)33)21-26-43(41)50(36-11-4-3-5-12-36)44-27-31(2)28-45(51)48(44)49/h3-29H,1-2H3. The molecule has 0 bridgehead atoms. The third-order valence-electron chi connectivity index (χ3n) is 11.3. The minimum Gasteiger partial charge on any atom is -0.311 e. The molecule has 0 radical (unpaired) electrons. The van der Waals surface area contributed by atoms with Gasteiger partial charge in [0.15, 0.2) is 0 Å². The Kier molecular flexibility index (Phi) is 5.92. The highest BCUT2D eigenvalue weighted by atomic mass is 15.2. The van der Waals surface area contributed by atoms with Gasteiger partial charge in [0.25, 0.3) is 6.71 Å². The van der Waals surface area contributed by atoms with Gasteiger partial charge in [0, 0.05) is 34.1 Å². The van der Waals surface area contributed by atoms with Crippen LogP contribution in [0.1, 0.15) is 11.1 Å². The van der Waals surface area contributed by atoms with Crippen LogP contribution in [0.4, 0.5) is 34.1 Å². The number of rotatable bonds is 3. The summed E-state index contributed by atoms with van der Waals surface area (Å²) in [6.07, 6.45) is 0. The first-order chi connectivity index (χ1) is 25.1. The van der Waals surface area contributed by atoms with Crippen LogP contribution in [0, 0.1) is 13.8 Å². The van der Waals surface area contributed by atoms with Crippen molar-refractivity contribution in [1.29, 1.82) is 0 Å². The van der Waals surface area contributed by atoms with E-state index in [0.717, 1.165) is 0 Å². The summed E-state index contributed by atoms with van der Waals surface area (Å²) in [7, 11) is 0. The number of anilines is 6. The minimum atomic E-state index is 0.0724. The first-order valence-corrected chi connectivity index (χ1v) is 17.9. The topological polar surface area (TPSA) is 6.48 Å². The molecule has 2 aliphatic rings. The molecule has 0 saturated heterocycles. The van der Waals surface area contributed by atoms with E-state index in [1.54, 1.807) is 0 Å². The van der Waals surface area contributed by atoms with Crippen LogP contribution in [0.5, 0.6) is 0 Å². The average molecular weight is 649 g/mol. The maximum Gasteiger partial charge on any atom is 0.252 e. The maximum absolute atomic E-state index is 2.49. The summed E-state index contributed by atoms with van der Waals surface area (Å²) in [5.74, 6) is 0. The van der Waals surface area contributed by atoms with Gasteiger partial charge in [0.2, 0.25) is 0 Å². The second-order valence-corrected chi connectivity index (χ2v) is 14.3. The van der Waals surface area contributed by atoms with Gasteiger partial charge in [-0.2, -0.15) is 0 Å². The normalized spacial score (nSPS) is 13.2. The third kappa shape index (κ3) is 4.06. The number of aryl methyl sites for hydroxylation is 2. The number of benzene rings is 9. The average Bonchev–Trinajstić information content (AvgIpc) is 3.17. The van der Waals surface area contributed by atoms with Gasteiger partial charge in [-0.25, -0.2) is 0 Å². The summed E-state index contributed by atoms with van der Waals surface area (Å²) in [6, 6.07) is 61.3. The highest BCUT2D eigenvalue weighted by molar-refractivity contribution is 7.00. The zero-order valence-electron chi connectivity index (χ0n) is 28.6. The molecule has 0 saturated carbocycles. The van der Waals surface area contributed by atoms with Crippen LogP contribution in [-0.2, 0) is 0 Å². The molecule has 0 spiro atoms. The number of hydrogen-bond acceptors (Lipinski definition) is 2. The lowest BCUT2D eigenvalue weighted by atomic mass is 9.33. The fraction of sp³-hybridized carbons (Fsp3) is 0.0417. The molecular formula is C48H33BN2. The molecule has 0 aromatic heterocycles. The van der Waals surface area contributed by atoms with E-state index in [4.69, 9.17) is 0 Å². The van der Waals surface area contributed by atoms with Crippen molar-refractivity contribution in [3.05, 3.63) is 175 Å². The molecule has 51 heavy (non-hydrogen) atoms. The van der Waals surface area contributed by atoms with E-state index in [9.17, 15) is 0 Å². The Morgan fingerprint density at radius 2 is 1.04 bits per heavy atom. The highest BCUT2D eigenvalue weighted by Gasteiger charge is 2.43. The van der Waals surface area contributed by atoms with Crippen molar-refractivity contribution < 1.29 is 0 Å². The largest absolute Gasteiger partial charge is 0.311 e. The quantitative estimate of drug-likeness (QED) is 0.139. The molecule has 0 fully saturated rings. The summed E-state index contributed by atoms with van der Waals surface area (Å²) < 4.78 is 0. The molecule has 0 N–H and O–H groups in total. The molecule has 0 aliphatic carbocycles. The Labute approximate surface area is 298 Å². The smallest absolute Gasteiger partial charge is 0.252 e. The van der Waals surface area contributed by atoms with Crippen molar-refractivity contribution in [2.24, 2.45) is 0 Å². The summed E-state index contributed by atoms with van der Waals surface area (Å²) in [4.78, 5) is 4.98. The Morgan fingerprint density at radius 1 is 0.412 bits per heavy atom. The Hall–Kier alpha value is -6.32. The van der Waals surface area contributed by atoms with Gasteiger partial charge >= 0.3 is 0 Å². The van der Waals surface area contributed by atoms with Gasteiger partial charge in [0.1, 0.15) is 0 Å². The van der Waals surface area contributed by atoms with E-state index in [0.29, 0.717) is 0 Å². The zero-order valence-corrected chi connectivity index (χ0v) is 28.6. The van der Waals surface area contributed by atoms with Crippen LogP contribution in [0.3, 0.4) is 0 Å². The van der Waals surface area contributed by atoms with E-state index in [1.165, 1.54) is 105 Å². The van der Waals surface area contributed by atoms with Crippen LogP contribution in [0.25, 0.3) is 43.4 Å². The molecule has 0 unspecified atom stereocenters. The Bertz CT molecular complexity index is 2820. The summed E-state index contributed by atoms with van der Waals surface area (Å²) >= 11 is 0. The second-order valence-electron chi connectivity index (χ2n) is 14.3. The van der Waals surface area contributed by atoms with E-state index in [-0.39, 0.29) is 6.71 Å². The molecule has 11 rings (SSSR count). The molecule has 0 amide bonds. The van der Waals surface area contributed by atoms with Crippen LogP contribution in [0.15, 0.2) is 164 Å². The van der Waals surface area contributed by atoms with Crippen LogP contribution in [-0.4, -0.2) is 6.71 Å². The van der Waals surface area contributed by atoms with Crippen molar-refractivity contribution in [3.63, 3.8) is 0 Å². The molecule has 0 atom stereocenters. The van der Waals surface area contributed by atoms with Gasteiger partial charge in [-0.05, 0) is 128 Å². The molecule has 2 aliphatic heterocycles. The second kappa shape index (κ2) is 10.6. The Morgan fingerprint density at radius 3 is 1.80 bits per heavy atom. The predicted molar refractivity (Wildman–Crippen MR) is 219 cm³/mol. The van der Waals surface area contributed by atoms with E-state index in [1.807, 2.05) is 0 Å². The fourth-order valence-electron chi connectivity index (χ4n) is 9.07. The van der Waals surface area contributed by atoms with Crippen molar-refractivity contribution in [3.8, 4) is 11.1 Å². The SMILES string of the molecule is Cc1ccc(N2c3ccccc3B3c4cc(-c5ccc6ccc7cccc8ccc5c6c78)ccc4N(c4ccccc4)c4cc(C)cc2c43)cc1. The van der Waals surface area contributed by atoms with Crippen LogP contribution < -0.4 is 26.2 Å². The molecule has 2 heterocycles.